The van der Waals surface area contributed by atoms with E-state index in [2.05, 4.69) is 14.5 Å². The molecular weight excluding hydrogens is 404 g/mol. The minimum atomic E-state index is -0.174. The SMILES string of the molecule is Fc1cc2c(cc1I)nc(CCl)n2C1CCN2CCCC12. The molecule has 0 aliphatic carbocycles. The minimum Gasteiger partial charge on any atom is -0.322 e. The quantitative estimate of drug-likeness (QED) is 0.543. The van der Waals surface area contributed by atoms with Gasteiger partial charge in [0, 0.05) is 18.7 Å². The summed E-state index contributed by atoms with van der Waals surface area (Å²) in [7, 11) is 0. The molecule has 0 amide bonds. The minimum absolute atomic E-state index is 0.174. The molecule has 1 aromatic carbocycles. The number of rotatable bonds is 2. The highest BCUT2D eigenvalue weighted by atomic mass is 127. The lowest BCUT2D eigenvalue weighted by Crippen LogP contribution is -2.28. The van der Waals surface area contributed by atoms with Crippen LogP contribution in [0, 0.1) is 9.39 Å². The third kappa shape index (κ3) is 2.19. The molecule has 2 aliphatic rings. The van der Waals surface area contributed by atoms with Crippen LogP contribution >= 0.6 is 34.2 Å². The van der Waals surface area contributed by atoms with Gasteiger partial charge in [-0.25, -0.2) is 9.37 Å². The van der Waals surface area contributed by atoms with Crippen LogP contribution in [0.1, 0.15) is 31.1 Å². The third-order valence-corrected chi connectivity index (χ3v) is 5.89. The Bertz CT molecular complexity index is 702. The molecule has 0 radical (unpaired) electrons. The van der Waals surface area contributed by atoms with E-state index >= 15 is 0 Å². The maximum atomic E-state index is 14.0. The van der Waals surface area contributed by atoms with Crippen LogP contribution in [-0.2, 0) is 5.88 Å². The molecule has 2 atom stereocenters. The highest BCUT2D eigenvalue weighted by molar-refractivity contribution is 14.1. The molecule has 0 bridgehead atoms. The standard InChI is InChI=1S/C15H16ClFIN3/c16-8-15-19-11-7-10(18)9(17)6-14(11)21(15)13-3-5-20-4-1-2-12(13)20/h6-7,12-13H,1-5,8H2. The summed E-state index contributed by atoms with van der Waals surface area (Å²) in [4.78, 5) is 7.19. The Kier molecular flexibility index (Phi) is 3.62. The van der Waals surface area contributed by atoms with E-state index in [4.69, 9.17) is 11.6 Å². The smallest absolute Gasteiger partial charge is 0.138 e. The summed E-state index contributed by atoms with van der Waals surface area (Å²) < 4.78 is 16.8. The molecule has 3 heterocycles. The Morgan fingerprint density at radius 2 is 2.14 bits per heavy atom. The lowest BCUT2D eigenvalue weighted by Gasteiger charge is -2.23. The molecule has 2 fully saturated rings. The summed E-state index contributed by atoms with van der Waals surface area (Å²) in [6.07, 6.45) is 3.59. The largest absolute Gasteiger partial charge is 0.322 e. The van der Waals surface area contributed by atoms with Gasteiger partial charge in [-0.15, -0.1) is 11.6 Å². The van der Waals surface area contributed by atoms with Crippen molar-refractivity contribution in [2.24, 2.45) is 0 Å². The average molecular weight is 420 g/mol. The number of hydrogen-bond acceptors (Lipinski definition) is 2. The first-order valence-electron chi connectivity index (χ1n) is 7.35. The van der Waals surface area contributed by atoms with E-state index in [1.54, 1.807) is 6.07 Å². The molecule has 2 unspecified atom stereocenters. The monoisotopic (exact) mass is 419 g/mol. The van der Waals surface area contributed by atoms with Crippen molar-refractivity contribution in [2.75, 3.05) is 13.1 Å². The van der Waals surface area contributed by atoms with E-state index in [0.717, 1.165) is 29.8 Å². The van der Waals surface area contributed by atoms with Crippen LogP contribution in [0.15, 0.2) is 12.1 Å². The summed E-state index contributed by atoms with van der Waals surface area (Å²) in [6.45, 7) is 2.32. The predicted octanol–water partition coefficient (Wildman–Crippen LogP) is 3.93. The molecule has 0 N–H and O–H groups in total. The number of benzene rings is 1. The maximum absolute atomic E-state index is 14.0. The summed E-state index contributed by atoms with van der Waals surface area (Å²) in [6, 6.07) is 4.38. The Morgan fingerprint density at radius 3 is 2.95 bits per heavy atom. The van der Waals surface area contributed by atoms with Gasteiger partial charge >= 0.3 is 0 Å². The number of alkyl halides is 1. The fraction of sp³-hybridized carbons (Fsp3) is 0.533. The molecule has 112 valence electrons. The second-order valence-electron chi connectivity index (χ2n) is 5.89. The highest BCUT2D eigenvalue weighted by Crippen LogP contribution is 2.39. The molecular formula is C15H16ClFIN3. The number of fused-ring (bicyclic) bond motifs is 2. The summed E-state index contributed by atoms with van der Waals surface area (Å²) >= 11 is 8.12. The van der Waals surface area contributed by atoms with Crippen LogP contribution in [0.5, 0.6) is 0 Å². The predicted molar refractivity (Wildman–Crippen MR) is 90.2 cm³/mol. The summed E-state index contributed by atoms with van der Waals surface area (Å²) in [5.41, 5.74) is 1.75. The van der Waals surface area contributed by atoms with Crippen molar-refractivity contribution >= 4 is 45.2 Å². The molecule has 1 aromatic heterocycles. The zero-order valence-corrected chi connectivity index (χ0v) is 14.4. The van der Waals surface area contributed by atoms with E-state index in [9.17, 15) is 4.39 Å². The fourth-order valence-electron chi connectivity index (χ4n) is 3.96. The molecule has 0 saturated carbocycles. The van der Waals surface area contributed by atoms with E-state index in [-0.39, 0.29) is 5.82 Å². The van der Waals surface area contributed by atoms with Crippen molar-refractivity contribution in [3.8, 4) is 0 Å². The second-order valence-corrected chi connectivity index (χ2v) is 7.32. The van der Waals surface area contributed by atoms with Crippen LogP contribution in [0.3, 0.4) is 0 Å². The van der Waals surface area contributed by atoms with Crippen molar-refractivity contribution in [2.45, 2.75) is 37.2 Å². The van der Waals surface area contributed by atoms with Crippen LogP contribution < -0.4 is 0 Å². The molecule has 3 nitrogen and oxygen atoms in total. The van der Waals surface area contributed by atoms with Gasteiger partial charge in [0.2, 0.25) is 0 Å². The number of imidazole rings is 1. The van der Waals surface area contributed by atoms with E-state index in [1.165, 1.54) is 19.4 Å². The lowest BCUT2D eigenvalue weighted by atomic mass is 10.1. The zero-order chi connectivity index (χ0) is 14.6. The van der Waals surface area contributed by atoms with Gasteiger partial charge in [0.15, 0.2) is 0 Å². The molecule has 2 aliphatic heterocycles. The Balaban J connectivity index is 1.88. The third-order valence-electron chi connectivity index (χ3n) is 4.83. The summed E-state index contributed by atoms with van der Waals surface area (Å²) in [5.74, 6) is 1.06. The number of halogens is 3. The van der Waals surface area contributed by atoms with Gasteiger partial charge in [0.05, 0.1) is 26.5 Å². The normalized spacial score (nSPS) is 25.9. The van der Waals surface area contributed by atoms with Crippen LogP contribution in [0.4, 0.5) is 4.39 Å². The van der Waals surface area contributed by atoms with E-state index < -0.39 is 0 Å². The van der Waals surface area contributed by atoms with Crippen molar-refractivity contribution in [1.82, 2.24) is 14.5 Å². The van der Waals surface area contributed by atoms with Crippen LogP contribution in [0.25, 0.3) is 11.0 Å². The first kappa shape index (κ1) is 14.2. The molecule has 4 rings (SSSR count). The van der Waals surface area contributed by atoms with Crippen LogP contribution in [0.2, 0.25) is 0 Å². The fourth-order valence-corrected chi connectivity index (χ4v) is 4.60. The van der Waals surface area contributed by atoms with Gasteiger partial charge < -0.3 is 4.57 Å². The first-order chi connectivity index (χ1) is 10.2. The Labute approximate surface area is 141 Å². The molecule has 2 aromatic rings. The van der Waals surface area contributed by atoms with Gasteiger partial charge in [0.25, 0.3) is 0 Å². The van der Waals surface area contributed by atoms with E-state index in [1.807, 2.05) is 28.7 Å². The first-order valence-corrected chi connectivity index (χ1v) is 8.96. The number of aromatic nitrogens is 2. The molecule has 6 heteroatoms. The molecule has 2 saturated heterocycles. The van der Waals surface area contributed by atoms with Gasteiger partial charge in [0.1, 0.15) is 11.6 Å². The number of hydrogen-bond donors (Lipinski definition) is 0. The van der Waals surface area contributed by atoms with Gasteiger partial charge in [-0.1, -0.05) is 0 Å². The Morgan fingerprint density at radius 1 is 1.29 bits per heavy atom. The lowest BCUT2D eigenvalue weighted by molar-refractivity contribution is 0.290. The second kappa shape index (κ2) is 5.35. The van der Waals surface area contributed by atoms with Crippen molar-refractivity contribution in [3.63, 3.8) is 0 Å². The topological polar surface area (TPSA) is 21.1 Å². The summed E-state index contributed by atoms with van der Waals surface area (Å²) in [5, 5.41) is 0. The molecule has 0 spiro atoms. The van der Waals surface area contributed by atoms with Gasteiger partial charge in [-0.3, -0.25) is 4.90 Å². The van der Waals surface area contributed by atoms with Gasteiger partial charge in [-0.05, 0) is 54.5 Å². The van der Waals surface area contributed by atoms with Crippen molar-refractivity contribution < 1.29 is 4.39 Å². The van der Waals surface area contributed by atoms with E-state index in [0.29, 0.717) is 21.5 Å². The maximum Gasteiger partial charge on any atom is 0.138 e. The van der Waals surface area contributed by atoms with Crippen molar-refractivity contribution in [1.29, 1.82) is 0 Å². The Hall–Kier alpha value is -0.400. The average Bonchev–Trinajstić information content (AvgIpc) is 3.13. The number of nitrogens with zero attached hydrogens (tertiary/aromatic N) is 3. The molecule has 21 heavy (non-hydrogen) atoms. The zero-order valence-electron chi connectivity index (χ0n) is 11.5. The van der Waals surface area contributed by atoms with Crippen molar-refractivity contribution in [3.05, 3.63) is 27.3 Å². The van der Waals surface area contributed by atoms with Gasteiger partial charge in [-0.2, -0.15) is 0 Å². The van der Waals surface area contributed by atoms with Crippen LogP contribution in [-0.4, -0.2) is 33.6 Å². The highest BCUT2D eigenvalue weighted by Gasteiger charge is 2.39.